The summed E-state index contributed by atoms with van der Waals surface area (Å²) in [5, 5.41) is 10.1. The quantitative estimate of drug-likeness (QED) is 0.823. The third-order valence-electron chi connectivity index (χ3n) is 2.47. The van der Waals surface area contributed by atoms with Crippen molar-refractivity contribution in [2.24, 2.45) is 0 Å². The van der Waals surface area contributed by atoms with Crippen molar-refractivity contribution in [1.82, 2.24) is 0 Å². The van der Waals surface area contributed by atoms with Crippen LogP contribution in [-0.2, 0) is 5.60 Å². The first kappa shape index (κ1) is 9.74. The highest BCUT2D eigenvalue weighted by Crippen LogP contribution is 2.47. The molecule has 0 amide bonds. The lowest BCUT2D eigenvalue weighted by Crippen LogP contribution is -2.07. The van der Waals surface area contributed by atoms with Gasteiger partial charge in [-0.25, -0.2) is 4.39 Å². The van der Waals surface area contributed by atoms with E-state index < -0.39 is 11.4 Å². The molecule has 0 aromatic heterocycles. The predicted molar refractivity (Wildman–Crippen MR) is 51.1 cm³/mol. The maximum absolute atomic E-state index is 13.5. The summed E-state index contributed by atoms with van der Waals surface area (Å²) >= 11 is 5.83. The molecule has 76 valence electrons. The first-order valence-corrected chi connectivity index (χ1v) is 4.70. The molecule has 0 spiro atoms. The maximum Gasteiger partial charge on any atom is 0.140 e. The fourth-order valence-corrected chi connectivity index (χ4v) is 1.67. The maximum atomic E-state index is 13.5. The monoisotopic (exact) mass is 216 g/mol. The Bertz CT molecular complexity index is 375. The molecule has 1 aliphatic carbocycles. The topological polar surface area (TPSA) is 29.5 Å². The number of aliphatic hydroxyl groups is 1. The fraction of sp³-hybridized carbons (Fsp3) is 0.400. The van der Waals surface area contributed by atoms with Crippen molar-refractivity contribution in [1.29, 1.82) is 0 Å². The fourth-order valence-electron chi connectivity index (χ4n) is 1.43. The second-order valence-electron chi connectivity index (χ2n) is 3.50. The third-order valence-corrected chi connectivity index (χ3v) is 2.76. The van der Waals surface area contributed by atoms with E-state index in [4.69, 9.17) is 16.3 Å². The van der Waals surface area contributed by atoms with Crippen LogP contribution in [0.2, 0.25) is 5.02 Å². The first-order valence-electron chi connectivity index (χ1n) is 4.33. The highest BCUT2D eigenvalue weighted by Gasteiger charge is 2.44. The summed E-state index contributed by atoms with van der Waals surface area (Å²) in [6.45, 7) is 0. The Labute approximate surface area is 86.3 Å². The highest BCUT2D eigenvalue weighted by molar-refractivity contribution is 6.32. The molecule has 1 fully saturated rings. The molecule has 0 bridgehead atoms. The molecular weight excluding hydrogens is 207 g/mol. The average Bonchev–Trinajstić information content (AvgIpc) is 2.88. The van der Waals surface area contributed by atoms with Crippen LogP contribution in [0.5, 0.6) is 5.75 Å². The smallest absolute Gasteiger partial charge is 0.140 e. The van der Waals surface area contributed by atoms with Crippen LogP contribution >= 0.6 is 11.6 Å². The van der Waals surface area contributed by atoms with Crippen LogP contribution in [0.1, 0.15) is 18.4 Å². The van der Waals surface area contributed by atoms with E-state index in [0.717, 1.165) is 0 Å². The SMILES string of the molecule is COc1cc(F)c(C2(O)CC2)cc1Cl. The summed E-state index contributed by atoms with van der Waals surface area (Å²) in [6.07, 6.45) is 1.18. The Hall–Kier alpha value is -0.800. The van der Waals surface area contributed by atoms with Crippen molar-refractivity contribution in [2.75, 3.05) is 7.11 Å². The molecule has 1 aromatic rings. The lowest BCUT2D eigenvalue weighted by molar-refractivity contribution is 0.146. The van der Waals surface area contributed by atoms with Crippen molar-refractivity contribution in [2.45, 2.75) is 18.4 Å². The lowest BCUT2D eigenvalue weighted by Gasteiger charge is -2.11. The molecular formula is C10H10ClFO2. The standard InChI is InChI=1S/C10H10ClFO2/c1-14-9-5-8(12)6(4-7(9)11)10(13)2-3-10/h4-5,13H,2-3H2,1H3. The Morgan fingerprint density at radius 1 is 1.50 bits per heavy atom. The van der Waals surface area contributed by atoms with Gasteiger partial charge < -0.3 is 9.84 Å². The van der Waals surface area contributed by atoms with Crippen LogP contribution in [0.4, 0.5) is 4.39 Å². The van der Waals surface area contributed by atoms with Gasteiger partial charge in [-0.05, 0) is 18.9 Å². The molecule has 0 heterocycles. The van der Waals surface area contributed by atoms with E-state index in [2.05, 4.69) is 0 Å². The van der Waals surface area contributed by atoms with Crippen molar-refractivity contribution >= 4 is 11.6 Å². The van der Waals surface area contributed by atoms with Gasteiger partial charge in [0.1, 0.15) is 11.6 Å². The Balaban J connectivity index is 2.48. The number of ether oxygens (including phenoxy) is 1. The summed E-state index contributed by atoms with van der Waals surface area (Å²) in [5.41, 5.74) is -0.733. The van der Waals surface area contributed by atoms with Gasteiger partial charge >= 0.3 is 0 Å². The van der Waals surface area contributed by atoms with E-state index in [-0.39, 0.29) is 11.3 Å². The van der Waals surface area contributed by atoms with Crippen molar-refractivity contribution < 1.29 is 14.2 Å². The molecule has 0 unspecified atom stereocenters. The van der Waals surface area contributed by atoms with Gasteiger partial charge in [0.2, 0.25) is 0 Å². The van der Waals surface area contributed by atoms with E-state index in [1.807, 2.05) is 0 Å². The van der Waals surface area contributed by atoms with Crippen LogP contribution < -0.4 is 4.74 Å². The van der Waals surface area contributed by atoms with Gasteiger partial charge in [0.25, 0.3) is 0 Å². The summed E-state index contributed by atoms with van der Waals surface area (Å²) < 4.78 is 18.3. The highest BCUT2D eigenvalue weighted by atomic mass is 35.5. The minimum Gasteiger partial charge on any atom is -0.495 e. The second kappa shape index (κ2) is 3.11. The number of benzene rings is 1. The number of methoxy groups -OCH3 is 1. The average molecular weight is 217 g/mol. The molecule has 2 rings (SSSR count). The van der Waals surface area contributed by atoms with E-state index in [9.17, 15) is 9.50 Å². The number of rotatable bonds is 2. The molecule has 14 heavy (non-hydrogen) atoms. The molecule has 1 aliphatic rings. The minimum absolute atomic E-state index is 0.267. The largest absolute Gasteiger partial charge is 0.495 e. The summed E-state index contributed by atoms with van der Waals surface area (Å²) in [5.74, 6) is -0.177. The number of halogens is 2. The van der Waals surface area contributed by atoms with Gasteiger partial charge in [-0.15, -0.1) is 0 Å². The van der Waals surface area contributed by atoms with Crippen LogP contribution in [-0.4, -0.2) is 12.2 Å². The normalized spacial score (nSPS) is 18.0. The molecule has 0 saturated heterocycles. The van der Waals surface area contributed by atoms with Crippen LogP contribution in [0.25, 0.3) is 0 Å². The molecule has 0 atom stereocenters. The van der Waals surface area contributed by atoms with Gasteiger partial charge in [-0.2, -0.15) is 0 Å². The van der Waals surface area contributed by atoms with Gasteiger partial charge in [-0.3, -0.25) is 0 Å². The molecule has 1 aromatic carbocycles. The minimum atomic E-state index is -1.00. The van der Waals surface area contributed by atoms with Crippen LogP contribution in [0, 0.1) is 5.82 Å². The van der Waals surface area contributed by atoms with Crippen molar-refractivity contribution in [3.8, 4) is 5.75 Å². The van der Waals surface area contributed by atoms with E-state index >= 15 is 0 Å². The molecule has 2 nitrogen and oxygen atoms in total. The zero-order chi connectivity index (χ0) is 10.3. The van der Waals surface area contributed by atoms with Gasteiger partial charge in [0.05, 0.1) is 17.7 Å². The zero-order valence-corrected chi connectivity index (χ0v) is 8.44. The molecule has 0 aliphatic heterocycles. The summed E-state index contributed by atoms with van der Waals surface area (Å²) in [7, 11) is 1.42. The molecule has 4 heteroatoms. The lowest BCUT2D eigenvalue weighted by atomic mass is 10.1. The van der Waals surface area contributed by atoms with E-state index in [0.29, 0.717) is 17.9 Å². The van der Waals surface area contributed by atoms with E-state index in [1.165, 1.54) is 19.2 Å². The summed E-state index contributed by atoms with van der Waals surface area (Å²) in [4.78, 5) is 0. The van der Waals surface area contributed by atoms with Gasteiger partial charge in [-0.1, -0.05) is 11.6 Å². The van der Waals surface area contributed by atoms with Crippen LogP contribution in [0.15, 0.2) is 12.1 Å². The molecule has 1 saturated carbocycles. The van der Waals surface area contributed by atoms with Crippen LogP contribution in [0.3, 0.4) is 0 Å². The Kier molecular flexibility index (Phi) is 2.16. The van der Waals surface area contributed by atoms with Crippen molar-refractivity contribution in [3.05, 3.63) is 28.5 Å². The Morgan fingerprint density at radius 2 is 2.14 bits per heavy atom. The van der Waals surface area contributed by atoms with Crippen molar-refractivity contribution in [3.63, 3.8) is 0 Å². The Morgan fingerprint density at radius 3 is 2.64 bits per heavy atom. The van der Waals surface area contributed by atoms with Gasteiger partial charge in [0, 0.05) is 11.6 Å². The number of hydrogen-bond donors (Lipinski definition) is 1. The predicted octanol–water partition coefficient (Wildman–Crippen LogP) is 2.47. The molecule has 1 N–H and O–H groups in total. The van der Waals surface area contributed by atoms with E-state index in [1.54, 1.807) is 0 Å². The second-order valence-corrected chi connectivity index (χ2v) is 3.91. The van der Waals surface area contributed by atoms with Gasteiger partial charge in [0.15, 0.2) is 0 Å². The first-order chi connectivity index (χ1) is 6.57. The molecule has 0 radical (unpaired) electrons. The zero-order valence-electron chi connectivity index (χ0n) is 7.68. The third kappa shape index (κ3) is 1.47. The number of hydrogen-bond acceptors (Lipinski definition) is 2. The summed E-state index contributed by atoms with van der Waals surface area (Å²) in [6, 6.07) is 2.64.